The molecule has 0 bridgehead atoms. The van der Waals surface area contributed by atoms with Crippen LogP contribution in [0.1, 0.15) is 18.9 Å². The van der Waals surface area contributed by atoms with Crippen molar-refractivity contribution in [1.29, 1.82) is 0 Å². The number of nitrogens with zero attached hydrogens (tertiary/aromatic N) is 1. The Morgan fingerprint density at radius 3 is 2.76 bits per heavy atom. The van der Waals surface area contributed by atoms with E-state index in [2.05, 4.69) is 15.6 Å². The molecule has 1 atom stereocenters. The van der Waals surface area contributed by atoms with Gasteiger partial charge in [-0.2, -0.15) is 0 Å². The molecule has 17 heavy (non-hydrogen) atoms. The van der Waals surface area contributed by atoms with Gasteiger partial charge < -0.3 is 5.32 Å². The lowest BCUT2D eigenvalue weighted by Gasteiger charge is -2.25. The second-order valence-electron chi connectivity index (χ2n) is 3.92. The monoisotopic (exact) mass is 251 g/mol. The summed E-state index contributed by atoms with van der Waals surface area (Å²) in [6.07, 6.45) is 0.623. The first-order valence-electron chi connectivity index (χ1n) is 5.45. The lowest BCUT2D eigenvalue weighted by molar-refractivity contribution is -0.124. The molecule has 1 aliphatic rings. The molecule has 1 unspecified atom stereocenters. The number of halogens is 1. The summed E-state index contributed by atoms with van der Waals surface area (Å²) in [4.78, 5) is 16.1. The molecule has 1 aromatic rings. The van der Waals surface area contributed by atoms with E-state index in [1.165, 1.54) is 0 Å². The Kier molecular flexibility index (Phi) is 3.07. The van der Waals surface area contributed by atoms with E-state index in [1.807, 2.05) is 19.1 Å². The minimum absolute atomic E-state index is 0.0946. The number of carbonyl (C=O) groups excluding carboxylic acids is 1. The highest BCUT2D eigenvalue weighted by Crippen LogP contribution is 2.29. The van der Waals surface area contributed by atoms with Crippen LogP contribution in [0, 0.1) is 0 Å². The molecule has 1 heterocycles. The maximum Gasteiger partial charge on any atom is 0.257 e. The van der Waals surface area contributed by atoms with Crippen LogP contribution in [0.3, 0.4) is 0 Å². The summed E-state index contributed by atoms with van der Waals surface area (Å²) in [5.74, 6) is 0.402. The quantitative estimate of drug-likeness (QED) is 0.840. The normalized spacial score (nSPS) is 25.8. The first-order valence-corrected chi connectivity index (χ1v) is 5.82. The van der Waals surface area contributed by atoms with Crippen LogP contribution in [-0.4, -0.2) is 18.9 Å². The lowest BCUT2D eigenvalue weighted by atomic mass is 9.87. The van der Waals surface area contributed by atoms with Crippen LogP contribution in [0.15, 0.2) is 29.3 Å². The number of amides is 1. The van der Waals surface area contributed by atoms with Crippen LogP contribution in [0.4, 0.5) is 0 Å². The molecule has 2 N–H and O–H groups in total. The standard InChI is InChI=1S/C12H14ClN3O/c1-3-12(8-5-4-6-9(13)7-8)10(17)15-11(14-2)16-12/h4-7H,3H2,1-2H3,(H2,14,15,16,17). The highest BCUT2D eigenvalue weighted by molar-refractivity contribution is 6.30. The van der Waals surface area contributed by atoms with Gasteiger partial charge in [0.25, 0.3) is 5.91 Å². The van der Waals surface area contributed by atoms with Crippen LogP contribution in [-0.2, 0) is 10.3 Å². The van der Waals surface area contributed by atoms with Crippen molar-refractivity contribution in [3.8, 4) is 0 Å². The summed E-state index contributed by atoms with van der Waals surface area (Å²) in [6.45, 7) is 1.95. The van der Waals surface area contributed by atoms with E-state index in [0.29, 0.717) is 17.4 Å². The molecule has 4 nitrogen and oxygen atoms in total. The number of carbonyl (C=O) groups is 1. The Morgan fingerprint density at radius 1 is 1.47 bits per heavy atom. The van der Waals surface area contributed by atoms with Crippen LogP contribution in [0.25, 0.3) is 0 Å². The van der Waals surface area contributed by atoms with E-state index in [1.54, 1.807) is 19.2 Å². The Hall–Kier alpha value is -1.55. The number of hydrogen-bond acceptors (Lipinski definition) is 2. The van der Waals surface area contributed by atoms with E-state index in [-0.39, 0.29) is 5.91 Å². The Bertz CT molecular complexity index is 486. The second kappa shape index (κ2) is 4.37. The van der Waals surface area contributed by atoms with Gasteiger partial charge in [0.2, 0.25) is 0 Å². The van der Waals surface area contributed by atoms with Crippen molar-refractivity contribution in [3.63, 3.8) is 0 Å². The summed E-state index contributed by atoms with van der Waals surface area (Å²) < 4.78 is 0. The minimum atomic E-state index is -0.764. The van der Waals surface area contributed by atoms with Crippen molar-refractivity contribution in [1.82, 2.24) is 10.6 Å². The largest absolute Gasteiger partial charge is 0.338 e. The zero-order chi connectivity index (χ0) is 12.5. The van der Waals surface area contributed by atoms with Crippen LogP contribution >= 0.6 is 11.6 Å². The smallest absolute Gasteiger partial charge is 0.257 e. The van der Waals surface area contributed by atoms with Gasteiger partial charge in [0.1, 0.15) is 5.54 Å². The maximum atomic E-state index is 12.1. The van der Waals surface area contributed by atoms with Gasteiger partial charge in [-0.05, 0) is 24.1 Å². The molecule has 0 spiro atoms. The van der Waals surface area contributed by atoms with E-state index in [9.17, 15) is 4.79 Å². The molecule has 1 fully saturated rings. The first-order chi connectivity index (χ1) is 8.12. The van der Waals surface area contributed by atoms with Crippen molar-refractivity contribution in [3.05, 3.63) is 34.9 Å². The summed E-state index contributed by atoms with van der Waals surface area (Å²) >= 11 is 5.97. The van der Waals surface area contributed by atoms with Crippen LogP contribution in [0.5, 0.6) is 0 Å². The molecular formula is C12H14ClN3O. The van der Waals surface area contributed by atoms with Gasteiger partial charge in [-0.15, -0.1) is 0 Å². The van der Waals surface area contributed by atoms with Gasteiger partial charge in [0.05, 0.1) is 0 Å². The fourth-order valence-corrected chi connectivity index (χ4v) is 2.22. The van der Waals surface area contributed by atoms with Gasteiger partial charge in [0, 0.05) is 12.1 Å². The predicted octanol–water partition coefficient (Wildman–Crippen LogP) is 1.65. The molecule has 90 valence electrons. The minimum Gasteiger partial charge on any atom is -0.338 e. The fraction of sp³-hybridized carbons (Fsp3) is 0.333. The van der Waals surface area contributed by atoms with E-state index in [0.717, 1.165) is 5.56 Å². The first kappa shape index (κ1) is 11.9. The molecule has 1 aliphatic heterocycles. The number of benzene rings is 1. The van der Waals surface area contributed by atoms with Crippen molar-refractivity contribution < 1.29 is 4.79 Å². The van der Waals surface area contributed by atoms with E-state index < -0.39 is 5.54 Å². The van der Waals surface area contributed by atoms with Gasteiger partial charge >= 0.3 is 0 Å². The molecular weight excluding hydrogens is 238 g/mol. The third kappa shape index (κ3) is 1.89. The zero-order valence-corrected chi connectivity index (χ0v) is 10.5. The molecule has 0 aromatic heterocycles. The van der Waals surface area contributed by atoms with Crippen LogP contribution < -0.4 is 10.6 Å². The van der Waals surface area contributed by atoms with Crippen molar-refractivity contribution in [2.75, 3.05) is 7.05 Å². The Balaban J connectivity index is 2.49. The molecule has 1 aromatic carbocycles. The molecule has 2 rings (SSSR count). The molecule has 0 saturated carbocycles. The molecule has 0 aliphatic carbocycles. The molecule has 0 radical (unpaired) electrons. The van der Waals surface area contributed by atoms with E-state index in [4.69, 9.17) is 11.6 Å². The predicted molar refractivity (Wildman–Crippen MR) is 68.1 cm³/mol. The van der Waals surface area contributed by atoms with Crippen molar-refractivity contribution in [2.45, 2.75) is 18.9 Å². The molecule has 1 amide bonds. The van der Waals surface area contributed by atoms with Gasteiger partial charge in [0.15, 0.2) is 5.96 Å². The number of aliphatic imine (C=N–C) groups is 1. The Morgan fingerprint density at radius 2 is 2.24 bits per heavy atom. The molecule has 5 heteroatoms. The fourth-order valence-electron chi connectivity index (χ4n) is 2.03. The number of guanidine groups is 1. The number of hydrogen-bond donors (Lipinski definition) is 2. The average molecular weight is 252 g/mol. The third-order valence-corrected chi connectivity index (χ3v) is 3.26. The highest BCUT2D eigenvalue weighted by atomic mass is 35.5. The van der Waals surface area contributed by atoms with Crippen molar-refractivity contribution >= 4 is 23.5 Å². The summed E-state index contributed by atoms with van der Waals surface area (Å²) in [6, 6.07) is 7.32. The van der Waals surface area contributed by atoms with Gasteiger partial charge in [-0.1, -0.05) is 30.7 Å². The topological polar surface area (TPSA) is 53.5 Å². The molecule has 1 saturated heterocycles. The van der Waals surface area contributed by atoms with Crippen LogP contribution in [0.2, 0.25) is 5.02 Å². The zero-order valence-electron chi connectivity index (χ0n) is 9.75. The second-order valence-corrected chi connectivity index (χ2v) is 4.36. The lowest BCUT2D eigenvalue weighted by Crippen LogP contribution is -2.43. The third-order valence-electron chi connectivity index (χ3n) is 3.02. The Labute approximate surface area is 105 Å². The van der Waals surface area contributed by atoms with Crippen molar-refractivity contribution in [2.24, 2.45) is 4.99 Å². The maximum absolute atomic E-state index is 12.1. The van der Waals surface area contributed by atoms with Gasteiger partial charge in [-0.3, -0.25) is 15.1 Å². The van der Waals surface area contributed by atoms with Gasteiger partial charge in [-0.25, -0.2) is 0 Å². The number of rotatable bonds is 2. The average Bonchev–Trinajstić information content (AvgIpc) is 2.67. The number of nitrogens with one attached hydrogen (secondary N) is 2. The summed E-state index contributed by atoms with van der Waals surface area (Å²) in [5.41, 5.74) is 0.0865. The summed E-state index contributed by atoms with van der Waals surface area (Å²) in [5, 5.41) is 6.47. The highest BCUT2D eigenvalue weighted by Gasteiger charge is 2.45. The summed E-state index contributed by atoms with van der Waals surface area (Å²) in [7, 11) is 1.63. The SMILES string of the molecule is CCC1(c2cccc(Cl)c2)NC(=NC)NC1=O. The van der Waals surface area contributed by atoms with E-state index >= 15 is 0 Å².